The number of aryl methyl sites for hydroxylation is 2. The van der Waals surface area contributed by atoms with E-state index in [0.29, 0.717) is 6.42 Å². The third-order valence-electron chi connectivity index (χ3n) is 7.35. The van der Waals surface area contributed by atoms with Crippen LogP contribution in [0.2, 0.25) is 0 Å². The zero-order chi connectivity index (χ0) is 23.5. The Hall–Kier alpha value is -3.32. The number of fused-ring (bicyclic) bond motifs is 1. The summed E-state index contributed by atoms with van der Waals surface area (Å²) < 4.78 is 0. The van der Waals surface area contributed by atoms with Crippen molar-refractivity contribution >= 4 is 23.0 Å². The molecule has 3 aromatic rings. The van der Waals surface area contributed by atoms with Gasteiger partial charge in [-0.3, -0.25) is 15.0 Å². The standard InChI is InChI=1S/C27H31N5O2/c1-19-24(29-23-12-6-5-11-22(23)28-19)18-32-16-13-21(14-17-32)27(25(33)30-26(34)31-27)15-7-10-20-8-3-2-4-9-20/h2-6,8-9,11-12,21H,7,10,13-18H2,1H3,(H2,30,31,33,34). The van der Waals surface area contributed by atoms with E-state index in [4.69, 9.17) is 9.97 Å². The van der Waals surface area contributed by atoms with Gasteiger partial charge in [0.15, 0.2) is 0 Å². The largest absolute Gasteiger partial charge is 0.323 e. The van der Waals surface area contributed by atoms with Crippen molar-refractivity contribution in [1.29, 1.82) is 0 Å². The molecule has 0 saturated carbocycles. The fourth-order valence-corrected chi connectivity index (χ4v) is 5.46. The van der Waals surface area contributed by atoms with Crippen molar-refractivity contribution in [3.05, 3.63) is 71.5 Å². The first-order chi connectivity index (χ1) is 16.5. The topological polar surface area (TPSA) is 87.2 Å². The number of nitrogens with one attached hydrogen (secondary N) is 2. The van der Waals surface area contributed by atoms with Crippen LogP contribution in [0.4, 0.5) is 4.79 Å². The molecule has 2 saturated heterocycles. The molecule has 2 N–H and O–H groups in total. The van der Waals surface area contributed by atoms with Crippen molar-refractivity contribution < 1.29 is 9.59 Å². The van der Waals surface area contributed by atoms with Crippen LogP contribution in [0.1, 0.15) is 42.6 Å². The number of rotatable bonds is 7. The fraction of sp³-hybridized carbons (Fsp3) is 0.407. The Morgan fingerprint density at radius 3 is 2.32 bits per heavy atom. The number of carbonyl (C=O) groups excluding carboxylic acids is 2. The molecular weight excluding hydrogens is 426 g/mol. The minimum absolute atomic E-state index is 0.120. The number of amides is 3. The first-order valence-electron chi connectivity index (χ1n) is 12.2. The van der Waals surface area contributed by atoms with Gasteiger partial charge in [0.1, 0.15) is 5.54 Å². The van der Waals surface area contributed by atoms with Gasteiger partial charge in [-0.25, -0.2) is 14.8 Å². The highest BCUT2D eigenvalue weighted by atomic mass is 16.2. The normalized spacial score (nSPS) is 21.6. The summed E-state index contributed by atoms with van der Waals surface area (Å²) in [6.45, 7) is 4.49. The highest BCUT2D eigenvalue weighted by molar-refractivity contribution is 6.07. The molecule has 1 atom stereocenters. The van der Waals surface area contributed by atoms with Gasteiger partial charge in [0.2, 0.25) is 0 Å². The van der Waals surface area contributed by atoms with Gasteiger partial charge in [0.25, 0.3) is 5.91 Å². The third-order valence-corrected chi connectivity index (χ3v) is 7.35. The number of piperidine rings is 1. The van der Waals surface area contributed by atoms with E-state index in [1.165, 1.54) is 5.56 Å². The third kappa shape index (κ3) is 4.53. The molecule has 3 amide bonds. The van der Waals surface area contributed by atoms with Crippen LogP contribution < -0.4 is 10.6 Å². The van der Waals surface area contributed by atoms with E-state index in [2.05, 4.69) is 27.7 Å². The van der Waals surface area contributed by atoms with Crippen LogP contribution in [0.15, 0.2) is 54.6 Å². The zero-order valence-electron chi connectivity index (χ0n) is 19.6. The number of imide groups is 1. The second-order valence-corrected chi connectivity index (χ2v) is 9.51. The predicted octanol–water partition coefficient (Wildman–Crippen LogP) is 3.75. The second-order valence-electron chi connectivity index (χ2n) is 9.51. The molecule has 176 valence electrons. The molecule has 3 heterocycles. The molecule has 2 fully saturated rings. The Labute approximate surface area is 200 Å². The van der Waals surface area contributed by atoms with Crippen LogP contribution in [0.25, 0.3) is 11.0 Å². The Bertz CT molecular complexity index is 1190. The van der Waals surface area contributed by atoms with Crippen LogP contribution in [0.5, 0.6) is 0 Å². The van der Waals surface area contributed by atoms with Crippen molar-refractivity contribution in [2.24, 2.45) is 5.92 Å². The monoisotopic (exact) mass is 457 g/mol. The Morgan fingerprint density at radius 2 is 1.65 bits per heavy atom. The SMILES string of the molecule is Cc1nc2ccccc2nc1CN1CCC(C2(CCCc3ccccc3)NC(=O)NC2=O)CC1. The summed E-state index contributed by atoms with van der Waals surface area (Å²) in [7, 11) is 0. The molecular formula is C27H31N5O2. The summed E-state index contributed by atoms with van der Waals surface area (Å²) in [4.78, 5) is 37.0. The van der Waals surface area contributed by atoms with E-state index in [0.717, 1.165) is 67.7 Å². The summed E-state index contributed by atoms with van der Waals surface area (Å²) in [5.74, 6) is -0.0463. The molecule has 0 aliphatic carbocycles. The quantitative estimate of drug-likeness (QED) is 0.528. The molecule has 2 aromatic carbocycles. The number of hydrogen-bond acceptors (Lipinski definition) is 5. The fourth-order valence-electron chi connectivity index (χ4n) is 5.46. The van der Waals surface area contributed by atoms with E-state index >= 15 is 0 Å². The minimum atomic E-state index is -0.809. The van der Waals surface area contributed by atoms with Gasteiger partial charge in [-0.1, -0.05) is 42.5 Å². The Morgan fingerprint density at radius 1 is 0.971 bits per heavy atom. The van der Waals surface area contributed by atoms with Crippen molar-refractivity contribution in [3.8, 4) is 0 Å². The van der Waals surface area contributed by atoms with Crippen molar-refractivity contribution in [2.75, 3.05) is 13.1 Å². The highest BCUT2D eigenvalue weighted by Crippen LogP contribution is 2.35. The number of urea groups is 1. The predicted molar refractivity (Wildman–Crippen MR) is 131 cm³/mol. The zero-order valence-corrected chi connectivity index (χ0v) is 19.6. The highest BCUT2D eigenvalue weighted by Gasteiger charge is 2.51. The Kier molecular flexibility index (Phi) is 6.28. The molecule has 5 rings (SSSR count). The lowest BCUT2D eigenvalue weighted by Gasteiger charge is -2.40. The number of benzene rings is 2. The van der Waals surface area contributed by atoms with Crippen LogP contribution in [-0.4, -0.2) is 45.4 Å². The van der Waals surface area contributed by atoms with Gasteiger partial charge in [0.05, 0.1) is 22.4 Å². The second kappa shape index (κ2) is 9.50. The molecule has 0 bridgehead atoms. The summed E-state index contributed by atoms with van der Waals surface area (Å²) in [5, 5.41) is 5.53. The number of likely N-dealkylation sites (tertiary alicyclic amines) is 1. The molecule has 1 aromatic heterocycles. The summed E-state index contributed by atoms with van der Waals surface area (Å²) in [6, 6.07) is 17.9. The van der Waals surface area contributed by atoms with Crippen molar-refractivity contribution in [2.45, 2.75) is 51.1 Å². The number of hydrogen-bond donors (Lipinski definition) is 2. The summed E-state index contributed by atoms with van der Waals surface area (Å²) in [5.41, 5.74) is 4.24. The molecule has 2 aliphatic rings. The molecule has 7 heteroatoms. The average Bonchev–Trinajstić information content (AvgIpc) is 3.14. The average molecular weight is 458 g/mol. The van der Waals surface area contributed by atoms with Crippen LogP contribution >= 0.6 is 0 Å². The maximum atomic E-state index is 13.0. The number of nitrogens with zero attached hydrogens (tertiary/aromatic N) is 3. The smallest absolute Gasteiger partial charge is 0.322 e. The Balaban J connectivity index is 1.24. The first kappa shape index (κ1) is 22.5. The lowest BCUT2D eigenvalue weighted by Crippen LogP contribution is -2.56. The molecule has 7 nitrogen and oxygen atoms in total. The maximum absolute atomic E-state index is 13.0. The van der Waals surface area contributed by atoms with Gasteiger partial charge in [-0.2, -0.15) is 0 Å². The number of aromatic nitrogens is 2. The molecule has 1 unspecified atom stereocenters. The van der Waals surface area contributed by atoms with Gasteiger partial charge in [-0.05, 0) is 75.7 Å². The van der Waals surface area contributed by atoms with Gasteiger partial charge in [0, 0.05) is 6.54 Å². The maximum Gasteiger partial charge on any atom is 0.322 e. The van der Waals surface area contributed by atoms with Crippen molar-refractivity contribution in [1.82, 2.24) is 25.5 Å². The van der Waals surface area contributed by atoms with Crippen molar-refractivity contribution in [3.63, 3.8) is 0 Å². The minimum Gasteiger partial charge on any atom is -0.323 e. The van der Waals surface area contributed by atoms with E-state index in [1.54, 1.807) is 0 Å². The first-order valence-corrected chi connectivity index (χ1v) is 12.2. The summed E-state index contributed by atoms with van der Waals surface area (Å²) >= 11 is 0. The van der Waals surface area contributed by atoms with E-state index in [-0.39, 0.29) is 17.9 Å². The lowest BCUT2D eigenvalue weighted by atomic mass is 9.74. The van der Waals surface area contributed by atoms with Crippen LogP contribution in [0, 0.1) is 12.8 Å². The molecule has 34 heavy (non-hydrogen) atoms. The van der Waals surface area contributed by atoms with Crippen LogP contribution in [-0.2, 0) is 17.8 Å². The van der Waals surface area contributed by atoms with Gasteiger partial charge < -0.3 is 5.32 Å². The molecule has 2 aliphatic heterocycles. The van der Waals surface area contributed by atoms with E-state index < -0.39 is 5.54 Å². The number of para-hydroxylation sites is 2. The molecule has 0 radical (unpaired) electrons. The van der Waals surface area contributed by atoms with Gasteiger partial charge >= 0.3 is 6.03 Å². The lowest BCUT2D eigenvalue weighted by molar-refractivity contribution is -0.127. The van der Waals surface area contributed by atoms with E-state index in [1.807, 2.05) is 49.4 Å². The summed E-state index contributed by atoms with van der Waals surface area (Å²) in [6.07, 6.45) is 4.12. The number of carbonyl (C=O) groups is 2. The van der Waals surface area contributed by atoms with Crippen LogP contribution in [0.3, 0.4) is 0 Å². The molecule has 0 spiro atoms. The van der Waals surface area contributed by atoms with E-state index in [9.17, 15) is 9.59 Å². The van der Waals surface area contributed by atoms with Gasteiger partial charge in [-0.15, -0.1) is 0 Å².